The van der Waals surface area contributed by atoms with Gasteiger partial charge in [-0.25, -0.2) is 9.78 Å². The van der Waals surface area contributed by atoms with E-state index in [9.17, 15) is 4.79 Å². The fourth-order valence-corrected chi connectivity index (χ4v) is 3.11. The van der Waals surface area contributed by atoms with Crippen molar-refractivity contribution in [3.63, 3.8) is 0 Å². The number of H-pyrrole nitrogens is 1. The van der Waals surface area contributed by atoms with Crippen molar-refractivity contribution in [2.75, 3.05) is 6.61 Å². The van der Waals surface area contributed by atoms with E-state index in [4.69, 9.17) is 9.72 Å². The van der Waals surface area contributed by atoms with Crippen LogP contribution in [0.2, 0.25) is 0 Å². The van der Waals surface area contributed by atoms with Crippen molar-refractivity contribution >= 4 is 5.97 Å². The van der Waals surface area contributed by atoms with Gasteiger partial charge >= 0.3 is 5.97 Å². The highest BCUT2D eigenvalue weighted by molar-refractivity contribution is 5.90. The van der Waals surface area contributed by atoms with Gasteiger partial charge in [0, 0.05) is 16.7 Å². The molecule has 0 saturated carbocycles. The van der Waals surface area contributed by atoms with E-state index >= 15 is 0 Å². The van der Waals surface area contributed by atoms with Gasteiger partial charge in [0.2, 0.25) is 0 Å². The summed E-state index contributed by atoms with van der Waals surface area (Å²) in [6.07, 6.45) is 0. The van der Waals surface area contributed by atoms with Crippen molar-refractivity contribution in [3.05, 3.63) is 90.5 Å². The molecule has 4 rings (SSSR count). The number of imidazole rings is 1. The summed E-state index contributed by atoms with van der Waals surface area (Å²) in [6, 6.07) is 27.6. The summed E-state index contributed by atoms with van der Waals surface area (Å²) in [4.78, 5) is 20.2. The third kappa shape index (κ3) is 3.58. The highest BCUT2D eigenvalue weighted by Crippen LogP contribution is 2.32. The molecule has 0 spiro atoms. The van der Waals surface area contributed by atoms with E-state index in [0.29, 0.717) is 12.2 Å². The molecule has 4 heteroatoms. The van der Waals surface area contributed by atoms with Gasteiger partial charge in [0.25, 0.3) is 0 Å². The van der Waals surface area contributed by atoms with Crippen LogP contribution in [0.3, 0.4) is 0 Å². The van der Waals surface area contributed by atoms with Crippen LogP contribution in [0.5, 0.6) is 0 Å². The normalized spacial score (nSPS) is 10.6. The van der Waals surface area contributed by atoms with Crippen LogP contribution in [-0.2, 0) is 4.74 Å². The summed E-state index contributed by atoms with van der Waals surface area (Å²) in [5, 5.41) is 0. The van der Waals surface area contributed by atoms with Crippen molar-refractivity contribution in [2.45, 2.75) is 6.92 Å². The molecular weight excluding hydrogens is 348 g/mol. The van der Waals surface area contributed by atoms with Crippen molar-refractivity contribution in [3.8, 4) is 33.9 Å². The predicted molar refractivity (Wildman–Crippen MR) is 111 cm³/mol. The molecule has 0 amide bonds. The Kier molecular flexibility index (Phi) is 5.02. The molecule has 0 fully saturated rings. The summed E-state index contributed by atoms with van der Waals surface area (Å²) in [5.41, 5.74) is 5.43. The number of hydrogen-bond acceptors (Lipinski definition) is 3. The number of hydrogen-bond donors (Lipinski definition) is 1. The number of nitrogens with zero attached hydrogens (tertiary/aromatic N) is 1. The lowest BCUT2D eigenvalue weighted by atomic mass is 10.1. The van der Waals surface area contributed by atoms with E-state index in [-0.39, 0.29) is 5.97 Å². The van der Waals surface area contributed by atoms with Gasteiger partial charge in [-0.2, -0.15) is 0 Å². The number of carbonyl (C=O) groups is 1. The molecule has 0 aliphatic rings. The summed E-state index contributed by atoms with van der Waals surface area (Å²) < 4.78 is 5.05. The Balaban J connectivity index is 1.77. The number of nitrogens with one attached hydrogen (secondary N) is 1. The minimum Gasteiger partial charge on any atom is -0.462 e. The number of carbonyl (C=O) groups excluding carboxylic acids is 1. The average molecular weight is 368 g/mol. The fraction of sp³-hybridized carbons (Fsp3) is 0.0833. The summed E-state index contributed by atoms with van der Waals surface area (Å²) in [6.45, 7) is 2.16. The molecule has 4 nitrogen and oxygen atoms in total. The average Bonchev–Trinajstić information content (AvgIpc) is 3.21. The Bertz CT molecular complexity index is 1010. The lowest BCUT2D eigenvalue weighted by Crippen LogP contribution is -2.04. The maximum Gasteiger partial charge on any atom is 0.338 e. The molecule has 138 valence electrons. The molecule has 1 N–H and O–H groups in total. The first-order chi connectivity index (χ1) is 13.8. The molecule has 4 aromatic rings. The zero-order valence-corrected chi connectivity index (χ0v) is 15.6. The molecule has 28 heavy (non-hydrogen) atoms. The predicted octanol–water partition coefficient (Wildman–Crippen LogP) is 5.59. The molecular formula is C24H20N2O2. The van der Waals surface area contributed by atoms with Gasteiger partial charge < -0.3 is 9.72 Å². The molecule has 0 aliphatic heterocycles. The van der Waals surface area contributed by atoms with Gasteiger partial charge in [-0.15, -0.1) is 0 Å². The Morgan fingerprint density at radius 1 is 0.821 bits per heavy atom. The fourth-order valence-electron chi connectivity index (χ4n) is 3.11. The van der Waals surface area contributed by atoms with Crippen LogP contribution < -0.4 is 0 Å². The van der Waals surface area contributed by atoms with E-state index in [1.54, 1.807) is 19.1 Å². The lowest BCUT2D eigenvalue weighted by Gasteiger charge is -2.03. The molecule has 1 aromatic heterocycles. The standard InChI is InChI=1S/C24H20N2O2/c1-2-28-24(27)20-15-13-19(14-16-20)23-25-21(17-9-5-3-6-10-17)22(26-23)18-11-7-4-8-12-18/h3-16H,2H2,1H3,(H,25,26). The third-order valence-electron chi connectivity index (χ3n) is 4.48. The van der Waals surface area contributed by atoms with Crippen molar-refractivity contribution < 1.29 is 9.53 Å². The van der Waals surface area contributed by atoms with Crippen LogP contribution >= 0.6 is 0 Å². The Morgan fingerprint density at radius 3 is 2.04 bits per heavy atom. The molecule has 0 saturated heterocycles. The van der Waals surface area contributed by atoms with E-state index in [0.717, 1.165) is 33.9 Å². The second-order valence-corrected chi connectivity index (χ2v) is 6.34. The Labute approximate surface area is 163 Å². The first-order valence-electron chi connectivity index (χ1n) is 9.24. The first-order valence-corrected chi connectivity index (χ1v) is 9.24. The smallest absolute Gasteiger partial charge is 0.338 e. The van der Waals surface area contributed by atoms with Gasteiger partial charge in [0.05, 0.1) is 23.6 Å². The van der Waals surface area contributed by atoms with Crippen LogP contribution in [0.1, 0.15) is 17.3 Å². The van der Waals surface area contributed by atoms with Crippen molar-refractivity contribution in [1.29, 1.82) is 0 Å². The topological polar surface area (TPSA) is 55.0 Å². The Morgan fingerprint density at radius 2 is 1.43 bits per heavy atom. The Hall–Kier alpha value is -3.66. The van der Waals surface area contributed by atoms with Crippen molar-refractivity contribution in [1.82, 2.24) is 9.97 Å². The number of aromatic amines is 1. The first kappa shape index (κ1) is 17.7. The van der Waals surface area contributed by atoms with E-state index in [2.05, 4.69) is 29.2 Å². The molecule has 1 heterocycles. The van der Waals surface area contributed by atoms with Crippen LogP contribution in [0, 0.1) is 0 Å². The van der Waals surface area contributed by atoms with Crippen LogP contribution in [-0.4, -0.2) is 22.5 Å². The SMILES string of the molecule is CCOC(=O)c1ccc(-c2nc(-c3ccccc3)c(-c3ccccc3)[nH]2)cc1. The van der Waals surface area contributed by atoms with E-state index < -0.39 is 0 Å². The third-order valence-corrected chi connectivity index (χ3v) is 4.48. The highest BCUT2D eigenvalue weighted by Gasteiger charge is 2.15. The minimum atomic E-state index is -0.316. The number of benzene rings is 3. The molecule has 3 aromatic carbocycles. The van der Waals surface area contributed by atoms with Crippen LogP contribution in [0.25, 0.3) is 33.9 Å². The minimum absolute atomic E-state index is 0.316. The van der Waals surface area contributed by atoms with E-state index in [1.165, 1.54) is 0 Å². The number of aromatic nitrogens is 2. The van der Waals surface area contributed by atoms with Crippen LogP contribution in [0.4, 0.5) is 0 Å². The molecule has 0 aliphatic carbocycles. The van der Waals surface area contributed by atoms with E-state index in [1.807, 2.05) is 48.5 Å². The van der Waals surface area contributed by atoms with Crippen molar-refractivity contribution in [2.24, 2.45) is 0 Å². The van der Waals surface area contributed by atoms with Crippen LogP contribution in [0.15, 0.2) is 84.9 Å². The zero-order chi connectivity index (χ0) is 19.3. The summed E-state index contributed by atoms with van der Waals surface area (Å²) in [7, 11) is 0. The number of esters is 1. The second kappa shape index (κ2) is 7.92. The molecule has 0 unspecified atom stereocenters. The summed E-state index contributed by atoms with van der Waals surface area (Å²) in [5.74, 6) is 0.441. The van der Waals surface area contributed by atoms with Gasteiger partial charge in [0.1, 0.15) is 5.82 Å². The largest absolute Gasteiger partial charge is 0.462 e. The van der Waals surface area contributed by atoms with Gasteiger partial charge in [0.15, 0.2) is 0 Å². The molecule has 0 bridgehead atoms. The summed E-state index contributed by atoms with van der Waals surface area (Å²) >= 11 is 0. The maximum absolute atomic E-state index is 11.9. The van der Waals surface area contributed by atoms with Gasteiger partial charge in [-0.1, -0.05) is 72.8 Å². The molecule has 0 atom stereocenters. The monoisotopic (exact) mass is 368 g/mol. The highest BCUT2D eigenvalue weighted by atomic mass is 16.5. The number of ether oxygens (including phenoxy) is 1. The lowest BCUT2D eigenvalue weighted by molar-refractivity contribution is 0.0526. The quantitative estimate of drug-likeness (QED) is 0.467. The zero-order valence-electron chi connectivity index (χ0n) is 15.6. The second-order valence-electron chi connectivity index (χ2n) is 6.34. The van der Waals surface area contributed by atoms with Gasteiger partial charge in [-0.3, -0.25) is 0 Å². The maximum atomic E-state index is 11.9. The van der Waals surface area contributed by atoms with Gasteiger partial charge in [-0.05, 0) is 19.1 Å². The molecule has 0 radical (unpaired) electrons. The number of rotatable bonds is 5.